The summed E-state index contributed by atoms with van der Waals surface area (Å²) in [7, 11) is 0. The van der Waals surface area contributed by atoms with Crippen molar-refractivity contribution in [2.45, 2.75) is 24.2 Å². The van der Waals surface area contributed by atoms with Gasteiger partial charge in [-0.2, -0.15) is 13.8 Å². The molecule has 0 aliphatic rings. The number of nitrogens with zero attached hydrogens (tertiary/aromatic N) is 2. The first-order valence-corrected chi connectivity index (χ1v) is 8.51. The summed E-state index contributed by atoms with van der Waals surface area (Å²) in [6.45, 7) is 1.82. The van der Waals surface area contributed by atoms with E-state index in [1.807, 2.05) is 31.2 Å². The van der Waals surface area contributed by atoms with E-state index in [9.17, 15) is 13.6 Å². The molecule has 0 bridgehead atoms. The van der Waals surface area contributed by atoms with Crippen LogP contribution in [-0.4, -0.2) is 21.9 Å². The second-order valence-electron chi connectivity index (χ2n) is 5.36. The van der Waals surface area contributed by atoms with Gasteiger partial charge in [0.15, 0.2) is 6.61 Å². The van der Waals surface area contributed by atoms with Gasteiger partial charge in [0.2, 0.25) is 5.82 Å². The van der Waals surface area contributed by atoms with Crippen molar-refractivity contribution in [3.05, 3.63) is 65.5 Å². The number of hydrogen-bond acceptors (Lipinski definition) is 6. The SMILES string of the molecule is Cc1ccc(-c2nc(COC(=O)c3ccc(SC(F)F)cc3)no2)cc1. The monoisotopic (exact) mass is 376 g/mol. The van der Waals surface area contributed by atoms with Crippen LogP contribution in [0.5, 0.6) is 0 Å². The molecular weight excluding hydrogens is 362 g/mol. The van der Waals surface area contributed by atoms with E-state index in [0.717, 1.165) is 11.1 Å². The molecule has 0 N–H and O–H groups in total. The van der Waals surface area contributed by atoms with E-state index in [1.54, 1.807) is 0 Å². The van der Waals surface area contributed by atoms with Crippen molar-refractivity contribution in [1.82, 2.24) is 10.1 Å². The smallest absolute Gasteiger partial charge is 0.338 e. The molecule has 0 saturated carbocycles. The maximum atomic E-state index is 12.3. The second kappa shape index (κ2) is 8.09. The number of esters is 1. The number of rotatable bonds is 6. The van der Waals surface area contributed by atoms with Crippen LogP contribution in [0.25, 0.3) is 11.5 Å². The molecule has 0 aliphatic heterocycles. The zero-order valence-electron chi connectivity index (χ0n) is 13.7. The Morgan fingerprint density at radius 1 is 1.15 bits per heavy atom. The molecule has 0 aliphatic carbocycles. The van der Waals surface area contributed by atoms with Gasteiger partial charge in [-0.3, -0.25) is 0 Å². The third kappa shape index (κ3) is 4.66. The van der Waals surface area contributed by atoms with E-state index in [4.69, 9.17) is 9.26 Å². The van der Waals surface area contributed by atoms with Crippen molar-refractivity contribution < 1.29 is 22.8 Å². The number of hydrogen-bond donors (Lipinski definition) is 0. The van der Waals surface area contributed by atoms with Gasteiger partial charge in [0.25, 0.3) is 11.6 Å². The highest BCUT2D eigenvalue weighted by molar-refractivity contribution is 7.99. The van der Waals surface area contributed by atoms with Crippen LogP contribution in [0, 0.1) is 6.92 Å². The molecule has 1 aromatic heterocycles. The highest BCUT2D eigenvalue weighted by Crippen LogP contribution is 2.25. The number of halogens is 2. The average molecular weight is 376 g/mol. The van der Waals surface area contributed by atoms with Gasteiger partial charge in [-0.05, 0) is 43.3 Å². The van der Waals surface area contributed by atoms with Crippen molar-refractivity contribution in [3.8, 4) is 11.5 Å². The fraction of sp³-hybridized carbons (Fsp3) is 0.167. The summed E-state index contributed by atoms with van der Waals surface area (Å²) in [6, 6.07) is 13.3. The highest BCUT2D eigenvalue weighted by atomic mass is 32.2. The van der Waals surface area contributed by atoms with Crippen molar-refractivity contribution in [2.75, 3.05) is 0 Å². The molecule has 0 radical (unpaired) electrons. The maximum absolute atomic E-state index is 12.3. The molecule has 3 rings (SSSR count). The molecule has 0 spiro atoms. The lowest BCUT2D eigenvalue weighted by molar-refractivity contribution is 0.0459. The van der Waals surface area contributed by atoms with Gasteiger partial charge in [0.1, 0.15) is 0 Å². The van der Waals surface area contributed by atoms with Crippen LogP contribution in [0.1, 0.15) is 21.7 Å². The van der Waals surface area contributed by atoms with Crippen LogP contribution in [0.4, 0.5) is 8.78 Å². The minimum absolute atomic E-state index is 0.151. The number of benzene rings is 2. The number of aromatic nitrogens is 2. The first-order chi connectivity index (χ1) is 12.5. The lowest BCUT2D eigenvalue weighted by atomic mass is 10.1. The average Bonchev–Trinajstić information content (AvgIpc) is 3.09. The number of aryl methyl sites for hydroxylation is 1. The summed E-state index contributed by atoms with van der Waals surface area (Å²) in [5.74, 6) is -2.53. The molecule has 3 aromatic rings. The van der Waals surface area contributed by atoms with E-state index in [-0.39, 0.29) is 18.0 Å². The first kappa shape index (κ1) is 18.1. The molecule has 5 nitrogen and oxygen atoms in total. The first-order valence-electron chi connectivity index (χ1n) is 7.63. The minimum Gasteiger partial charge on any atom is -0.454 e. The quantitative estimate of drug-likeness (QED) is 0.458. The van der Waals surface area contributed by atoms with Crippen LogP contribution < -0.4 is 0 Å². The molecule has 26 heavy (non-hydrogen) atoms. The molecule has 134 valence electrons. The fourth-order valence-corrected chi connectivity index (χ4v) is 2.61. The standard InChI is InChI=1S/C18H14F2N2O3S/c1-11-2-4-12(5-3-11)16-21-15(22-25-16)10-24-17(23)13-6-8-14(9-7-13)26-18(19)20/h2-9,18H,10H2,1H3. The largest absolute Gasteiger partial charge is 0.454 e. The summed E-state index contributed by atoms with van der Waals surface area (Å²) < 4.78 is 34.8. The molecule has 8 heteroatoms. The molecule has 0 saturated heterocycles. The molecular formula is C18H14F2N2O3S. The maximum Gasteiger partial charge on any atom is 0.338 e. The van der Waals surface area contributed by atoms with Gasteiger partial charge in [-0.1, -0.05) is 34.6 Å². The van der Waals surface area contributed by atoms with Gasteiger partial charge in [-0.25, -0.2) is 4.79 Å². The Balaban J connectivity index is 1.58. The number of alkyl halides is 2. The van der Waals surface area contributed by atoms with Crippen molar-refractivity contribution >= 4 is 17.7 Å². The summed E-state index contributed by atoms with van der Waals surface area (Å²) in [5.41, 5.74) is 2.14. The lowest BCUT2D eigenvalue weighted by Crippen LogP contribution is -2.06. The second-order valence-corrected chi connectivity index (χ2v) is 6.42. The Kier molecular flexibility index (Phi) is 5.62. The number of carbonyl (C=O) groups is 1. The molecule has 0 unspecified atom stereocenters. The molecule has 1 heterocycles. The zero-order valence-corrected chi connectivity index (χ0v) is 14.5. The van der Waals surface area contributed by atoms with E-state index >= 15 is 0 Å². The summed E-state index contributed by atoms with van der Waals surface area (Å²) >= 11 is 0.413. The van der Waals surface area contributed by atoms with Crippen molar-refractivity contribution in [3.63, 3.8) is 0 Å². The van der Waals surface area contributed by atoms with Crippen LogP contribution >= 0.6 is 11.8 Å². The van der Waals surface area contributed by atoms with Crippen LogP contribution in [0.3, 0.4) is 0 Å². The van der Waals surface area contributed by atoms with Gasteiger partial charge >= 0.3 is 5.97 Å². The zero-order chi connectivity index (χ0) is 18.5. The lowest BCUT2D eigenvalue weighted by Gasteiger charge is -2.03. The third-order valence-corrected chi connectivity index (χ3v) is 4.14. The van der Waals surface area contributed by atoms with E-state index in [0.29, 0.717) is 22.5 Å². The normalized spacial score (nSPS) is 10.9. The summed E-state index contributed by atoms with van der Waals surface area (Å²) in [6.07, 6.45) is 0. The van der Waals surface area contributed by atoms with Crippen LogP contribution in [0.2, 0.25) is 0 Å². The van der Waals surface area contributed by atoms with E-state index in [1.165, 1.54) is 24.3 Å². The van der Waals surface area contributed by atoms with E-state index < -0.39 is 11.7 Å². The topological polar surface area (TPSA) is 65.2 Å². The van der Waals surface area contributed by atoms with Crippen LogP contribution in [0.15, 0.2) is 57.9 Å². The molecule has 2 aromatic carbocycles. The van der Waals surface area contributed by atoms with Crippen LogP contribution in [-0.2, 0) is 11.3 Å². The van der Waals surface area contributed by atoms with Gasteiger partial charge < -0.3 is 9.26 Å². The highest BCUT2D eigenvalue weighted by Gasteiger charge is 2.13. The Morgan fingerprint density at radius 3 is 2.50 bits per heavy atom. The Morgan fingerprint density at radius 2 is 1.85 bits per heavy atom. The van der Waals surface area contributed by atoms with E-state index in [2.05, 4.69) is 10.1 Å². The Hall–Kier alpha value is -2.74. The predicted octanol–water partition coefficient (Wildman–Crippen LogP) is 4.72. The third-order valence-electron chi connectivity index (χ3n) is 3.41. The summed E-state index contributed by atoms with van der Waals surface area (Å²) in [4.78, 5) is 16.6. The van der Waals surface area contributed by atoms with Crippen molar-refractivity contribution in [2.24, 2.45) is 0 Å². The molecule has 0 fully saturated rings. The number of ether oxygens (including phenoxy) is 1. The minimum atomic E-state index is -2.51. The fourth-order valence-electron chi connectivity index (χ4n) is 2.11. The molecule has 0 amide bonds. The van der Waals surface area contributed by atoms with Gasteiger partial charge in [0.05, 0.1) is 5.56 Å². The predicted molar refractivity (Wildman–Crippen MR) is 91.9 cm³/mol. The summed E-state index contributed by atoms with van der Waals surface area (Å²) in [5, 5.41) is 3.78. The number of carbonyl (C=O) groups excluding carboxylic acids is 1. The van der Waals surface area contributed by atoms with Crippen molar-refractivity contribution in [1.29, 1.82) is 0 Å². The Labute approximate surface area is 152 Å². The van der Waals surface area contributed by atoms with Gasteiger partial charge in [0, 0.05) is 10.5 Å². The van der Waals surface area contributed by atoms with Gasteiger partial charge in [-0.15, -0.1) is 0 Å². The Bertz CT molecular complexity index is 880. The molecule has 0 atom stereocenters. The number of thioether (sulfide) groups is 1.